The fourth-order valence-electron chi connectivity index (χ4n) is 5.02. The first-order chi connectivity index (χ1) is 12.6. The van der Waals surface area contributed by atoms with Crippen molar-refractivity contribution in [3.05, 3.63) is 29.3 Å². The first-order valence-electron chi connectivity index (χ1n) is 10.4. The van der Waals surface area contributed by atoms with Crippen LogP contribution in [0.1, 0.15) is 77.2 Å². The SMILES string of the molecule is CCCC1CCC(C2(c3ccc(OCC)c(F)c3F)CCCCO2)CC1. The standard InChI is InChI=1S/C22H32F2O2/c1-3-7-16-8-10-17(11-9-16)22(14-5-6-15-26-22)18-12-13-19(25-4-2)21(24)20(18)23/h12-13,16-17H,3-11,14-15H2,1-2H3. The lowest BCUT2D eigenvalue weighted by Gasteiger charge is -2.46. The summed E-state index contributed by atoms with van der Waals surface area (Å²) in [7, 11) is 0. The third-order valence-electron chi connectivity index (χ3n) is 6.31. The van der Waals surface area contributed by atoms with Crippen LogP contribution in [-0.2, 0) is 10.3 Å². The zero-order chi connectivity index (χ0) is 18.6. The van der Waals surface area contributed by atoms with Gasteiger partial charge in [-0.3, -0.25) is 0 Å². The van der Waals surface area contributed by atoms with Crippen molar-refractivity contribution in [3.8, 4) is 5.75 Å². The van der Waals surface area contributed by atoms with Gasteiger partial charge in [0.25, 0.3) is 0 Å². The lowest BCUT2D eigenvalue weighted by molar-refractivity contribution is -0.136. The van der Waals surface area contributed by atoms with E-state index in [0.29, 0.717) is 18.8 Å². The van der Waals surface area contributed by atoms with Crippen LogP contribution in [0.4, 0.5) is 8.78 Å². The van der Waals surface area contributed by atoms with Gasteiger partial charge in [-0.2, -0.15) is 4.39 Å². The number of hydrogen-bond donors (Lipinski definition) is 0. The van der Waals surface area contributed by atoms with Gasteiger partial charge in [0.15, 0.2) is 11.6 Å². The molecule has 0 aromatic heterocycles. The molecule has 0 bridgehead atoms. The topological polar surface area (TPSA) is 18.5 Å². The van der Waals surface area contributed by atoms with Crippen molar-refractivity contribution in [1.82, 2.24) is 0 Å². The summed E-state index contributed by atoms with van der Waals surface area (Å²) in [5.41, 5.74) is -0.275. The second kappa shape index (κ2) is 8.69. The molecule has 146 valence electrons. The van der Waals surface area contributed by atoms with Crippen molar-refractivity contribution < 1.29 is 18.3 Å². The van der Waals surface area contributed by atoms with Crippen LogP contribution in [0.3, 0.4) is 0 Å². The molecule has 0 N–H and O–H groups in total. The first kappa shape index (κ1) is 19.6. The monoisotopic (exact) mass is 366 g/mol. The van der Waals surface area contributed by atoms with Gasteiger partial charge in [0.05, 0.1) is 12.2 Å². The molecule has 4 heteroatoms. The molecule has 1 atom stereocenters. The van der Waals surface area contributed by atoms with E-state index in [1.807, 2.05) is 0 Å². The van der Waals surface area contributed by atoms with Crippen molar-refractivity contribution in [2.45, 2.75) is 77.2 Å². The highest BCUT2D eigenvalue weighted by Gasteiger charge is 2.46. The number of benzene rings is 1. The van der Waals surface area contributed by atoms with Crippen LogP contribution in [-0.4, -0.2) is 13.2 Å². The molecular weight excluding hydrogens is 334 g/mol. The van der Waals surface area contributed by atoms with E-state index in [1.54, 1.807) is 19.1 Å². The van der Waals surface area contributed by atoms with Gasteiger partial charge in [0.1, 0.15) is 0 Å². The molecule has 26 heavy (non-hydrogen) atoms. The van der Waals surface area contributed by atoms with E-state index in [9.17, 15) is 4.39 Å². The Morgan fingerprint density at radius 3 is 2.46 bits per heavy atom. The van der Waals surface area contributed by atoms with E-state index in [0.717, 1.165) is 38.0 Å². The van der Waals surface area contributed by atoms with Gasteiger partial charge in [0, 0.05) is 12.2 Å². The van der Waals surface area contributed by atoms with Crippen LogP contribution in [0.15, 0.2) is 12.1 Å². The van der Waals surface area contributed by atoms with E-state index in [1.165, 1.54) is 25.7 Å². The average molecular weight is 366 g/mol. The van der Waals surface area contributed by atoms with Gasteiger partial charge >= 0.3 is 0 Å². The smallest absolute Gasteiger partial charge is 0.200 e. The molecule has 1 heterocycles. The summed E-state index contributed by atoms with van der Waals surface area (Å²) in [5.74, 6) is -0.626. The van der Waals surface area contributed by atoms with Gasteiger partial charge in [-0.1, -0.05) is 32.6 Å². The molecule has 0 amide bonds. The van der Waals surface area contributed by atoms with Gasteiger partial charge < -0.3 is 9.47 Å². The maximum atomic E-state index is 15.0. The van der Waals surface area contributed by atoms with Crippen molar-refractivity contribution in [1.29, 1.82) is 0 Å². The van der Waals surface area contributed by atoms with Crippen LogP contribution in [0.25, 0.3) is 0 Å². The number of hydrogen-bond acceptors (Lipinski definition) is 2. The Bertz CT molecular complexity index is 588. The molecule has 2 nitrogen and oxygen atoms in total. The van der Waals surface area contributed by atoms with Crippen molar-refractivity contribution in [2.24, 2.45) is 11.8 Å². The Morgan fingerprint density at radius 2 is 1.85 bits per heavy atom. The fourth-order valence-corrected chi connectivity index (χ4v) is 5.02. The van der Waals surface area contributed by atoms with E-state index < -0.39 is 17.2 Å². The maximum absolute atomic E-state index is 15.0. The van der Waals surface area contributed by atoms with Gasteiger partial charge in [-0.25, -0.2) is 4.39 Å². The van der Waals surface area contributed by atoms with Crippen molar-refractivity contribution in [2.75, 3.05) is 13.2 Å². The summed E-state index contributed by atoms with van der Waals surface area (Å²) in [4.78, 5) is 0. The minimum Gasteiger partial charge on any atom is -0.491 e. The summed E-state index contributed by atoms with van der Waals surface area (Å²) in [5, 5.41) is 0. The normalized spacial score (nSPS) is 29.5. The molecule has 1 saturated heterocycles. The largest absolute Gasteiger partial charge is 0.491 e. The molecule has 3 rings (SSSR count). The third kappa shape index (κ3) is 3.76. The van der Waals surface area contributed by atoms with E-state index >= 15 is 4.39 Å². The molecule has 2 aliphatic rings. The Labute approximate surface area is 156 Å². The summed E-state index contributed by atoms with van der Waals surface area (Å²) < 4.78 is 41.1. The lowest BCUT2D eigenvalue weighted by atomic mass is 9.67. The van der Waals surface area contributed by atoms with Gasteiger partial charge in [-0.15, -0.1) is 0 Å². The molecule has 2 fully saturated rings. The van der Waals surface area contributed by atoms with Crippen LogP contribution in [0.5, 0.6) is 5.75 Å². The van der Waals surface area contributed by atoms with Crippen LogP contribution >= 0.6 is 0 Å². The van der Waals surface area contributed by atoms with Crippen LogP contribution in [0, 0.1) is 23.5 Å². The summed E-state index contributed by atoms with van der Waals surface area (Å²) in [6, 6.07) is 3.27. The number of halogens is 2. The van der Waals surface area contributed by atoms with Crippen LogP contribution in [0.2, 0.25) is 0 Å². The molecule has 0 radical (unpaired) electrons. The predicted molar refractivity (Wildman–Crippen MR) is 99.4 cm³/mol. The average Bonchev–Trinajstić information content (AvgIpc) is 2.67. The second-order valence-electron chi connectivity index (χ2n) is 7.87. The number of ether oxygens (including phenoxy) is 2. The molecule has 1 saturated carbocycles. The predicted octanol–water partition coefficient (Wildman–Crippen LogP) is 6.37. The zero-order valence-electron chi connectivity index (χ0n) is 16.2. The molecule has 0 spiro atoms. The molecule has 1 aromatic carbocycles. The Morgan fingerprint density at radius 1 is 1.08 bits per heavy atom. The number of rotatable bonds is 6. The highest BCUT2D eigenvalue weighted by Crippen LogP contribution is 2.50. The quantitative estimate of drug-likeness (QED) is 0.583. The first-order valence-corrected chi connectivity index (χ1v) is 10.4. The minimum atomic E-state index is -0.877. The summed E-state index contributed by atoms with van der Waals surface area (Å²) in [6.07, 6.45) is 9.69. The molecular formula is C22H32F2O2. The van der Waals surface area contributed by atoms with Crippen molar-refractivity contribution >= 4 is 0 Å². The highest BCUT2D eigenvalue weighted by molar-refractivity contribution is 5.35. The highest BCUT2D eigenvalue weighted by atomic mass is 19.2. The van der Waals surface area contributed by atoms with Gasteiger partial charge in [-0.05, 0) is 63.0 Å². The molecule has 1 aliphatic heterocycles. The molecule has 1 aliphatic carbocycles. The molecule has 1 unspecified atom stereocenters. The zero-order valence-corrected chi connectivity index (χ0v) is 16.2. The van der Waals surface area contributed by atoms with E-state index in [-0.39, 0.29) is 11.7 Å². The van der Waals surface area contributed by atoms with Crippen molar-refractivity contribution in [3.63, 3.8) is 0 Å². The lowest BCUT2D eigenvalue weighted by Crippen LogP contribution is -2.43. The second-order valence-corrected chi connectivity index (χ2v) is 7.87. The molecule has 1 aromatic rings. The summed E-state index contributed by atoms with van der Waals surface area (Å²) in [6.45, 7) is 4.95. The Hall–Kier alpha value is -1.16. The van der Waals surface area contributed by atoms with Crippen LogP contribution < -0.4 is 4.74 Å². The van der Waals surface area contributed by atoms with Gasteiger partial charge in [0.2, 0.25) is 5.82 Å². The maximum Gasteiger partial charge on any atom is 0.200 e. The fraction of sp³-hybridized carbons (Fsp3) is 0.727. The third-order valence-corrected chi connectivity index (χ3v) is 6.31. The minimum absolute atomic E-state index is 0.00800. The Kier molecular flexibility index (Phi) is 6.55. The van der Waals surface area contributed by atoms with E-state index in [4.69, 9.17) is 9.47 Å². The van der Waals surface area contributed by atoms with E-state index in [2.05, 4.69) is 6.92 Å². The Balaban J connectivity index is 1.90. The summed E-state index contributed by atoms with van der Waals surface area (Å²) >= 11 is 0.